The number of para-hydroxylation sites is 2. The third-order valence-corrected chi connectivity index (χ3v) is 6.28. The molecule has 2 aliphatic rings. The number of amides is 2. The third kappa shape index (κ3) is 3.98. The molecular formula is C25H26N4O2. The topological polar surface area (TPSA) is 78.1 Å². The van der Waals surface area contributed by atoms with Crippen molar-refractivity contribution in [3.63, 3.8) is 0 Å². The highest BCUT2D eigenvalue weighted by molar-refractivity contribution is 6.02. The van der Waals surface area contributed by atoms with Crippen LogP contribution in [0.1, 0.15) is 43.5 Å². The maximum atomic E-state index is 13.3. The summed E-state index contributed by atoms with van der Waals surface area (Å²) in [5, 5.41) is 2.93. The van der Waals surface area contributed by atoms with E-state index in [0.29, 0.717) is 24.5 Å². The predicted octanol–water partition coefficient (Wildman–Crippen LogP) is 3.85. The molecule has 0 radical (unpaired) electrons. The van der Waals surface area contributed by atoms with Gasteiger partial charge in [0.1, 0.15) is 5.82 Å². The molecule has 1 aromatic heterocycles. The van der Waals surface area contributed by atoms with Gasteiger partial charge >= 0.3 is 0 Å². The number of aromatic nitrogens is 2. The Morgan fingerprint density at radius 3 is 2.74 bits per heavy atom. The van der Waals surface area contributed by atoms with Crippen molar-refractivity contribution >= 4 is 22.8 Å². The van der Waals surface area contributed by atoms with Gasteiger partial charge in [0.2, 0.25) is 5.91 Å². The van der Waals surface area contributed by atoms with E-state index in [1.54, 1.807) is 0 Å². The molecular weight excluding hydrogens is 388 g/mol. The first-order valence-electron chi connectivity index (χ1n) is 11.0. The fourth-order valence-corrected chi connectivity index (χ4v) is 4.79. The standard InChI is InChI=1S/C25H26N4O2/c30-24(26-15-23-27-20-11-5-6-12-21(20)28-23)14-19-18-10-4-7-13-22(18)29(25(19)31)16-17-8-2-1-3-9-17/h1-3,5-6,8-9,11-12,22H,4,7,10,13-16H2,(H,26,30)(H,27,28). The van der Waals surface area contributed by atoms with E-state index in [-0.39, 0.29) is 24.3 Å². The summed E-state index contributed by atoms with van der Waals surface area (Å²) in [6, 6.07) is 18.0. The number of aromatic amines is 1. The van der Waals surface area contributed by atoms with Crippen molar-refractivity contribution in [2.24, 2.45) is 0 Å². The first-order valence-corrected chi connectivity index (χ1v) is 11.0. The molecule has 2 aromatic carbocycles. The van der Waals surface area contributed by atoms with Gasteiger partial charge in [0.15, 0.2) is 0 Å². The van der Waals surface area contributed by atoms with E-state index >= 15 is 0 Å². The Labute approximate surface area is 181 Å². The molecule has 1 aliphatic carbocycles. The molecule has 0 saturated heterocycles. The molecule has 2 heterocycles. The number of fused-ring (bicyclic) bond motifs is 2. The molecule has 1 unspecified atom stereocenters. The van der Waals surface area contributed by atoms with E-state index in [1.165, 1.54) is 5.57 Å². The lowest BCUT2D eigenvalue weighted by Crippen LogP contribution is -2.36. The van der Waals surface area contributed by atoms with Crippen molar-refractivity contribution in [3.05, 3.63) is 77.1 Å². The summed E-state index contributed by atoms with van der Waals surface area (Å²) >= 11 is 0. The number of H-pyrrole nitrogens is 1. The smallest absolute Gasteiger partial charge is 0.251 e. The van der Waals surface area contributed by atoms with E-state index in [2.05, 4.69) is 15.3 Å². The molecule has 31 heavy (non-hydrogen) atoms. The molecule has 2 amide bonds. The number of nitrogens with zero attached hydrogens (tertiary/aromatic N) is 2. The average Bonchev–Trinajstić information content (AvgIpc) is 3.33. The van der Waals surface area contributed by atoms with E-state index in [0.717, 1.165) is 42.3 Å². The van der Waals surface area contributed by atoms with Crippen LogP contribution >= 0.6 is 0 Å². The largest absolute Gasteiger partial charge is 0.349 e. The summed E-state index contributed by atoms with van der Waals surface area (Å²) < 4.78 is 0. The SMILES string of the molecule is O=C(CC1=C2CCCCC2N(Cc2ccccc2)C1=O)NCc1nc2ccccc2[nH]1. The Balaban J connectivity index is 1.27. The highest BCUT2D eigenvalue weighted by atomic mass is 16.2. The molecule has 1 aliphatic heterocycles. The molecule has 6 heteroatoms. The summed E-state index contributed by atoms with van der Waals surface area (Å²) in [6.07, 6.45) is 4.24. The number of carbonyl (C=O) groups excluding carboxylic acids is 2. The summed E-state index contributed by atoms with van der Waals surface area (Å²) in [5.41, 5.74) is 4.82. The first-order chi connectivity index (χ1) is 15.2. The fourth-order valence-electron chi connectivity index (χ4n) is 4.79. The van der Waals surface area contributed by atoms with Gasteiger partial charge < -0.3 is 15.2 Å². The summed E-state index contributed by atoms with van der Waals surface area (Å²) in [7, 11) is 0. The monoisotopic (exact) mass is 414 g/mol. The van der Waals surface area contributed by atoms with E-state index in [1.807, 2.05) is 59.5 Å². The Morgan fingerprint density at radius 1 is 1.10 bits per heavy atom. The quantitative estimate of drug-likeness (QED) is 0.643. The summed E-state index contributed by atoms with van der Waals surface area (Å²) in [6.45, 7) is 0.916. The van der Waals surface area contributed by atoms with Crippen molar-refractivity contribution in [2.45, 2.75) is 51.2 Å². The van der Waals surface area contributed by atoms with Crippen LogP contribution in [0.3, 0.4) is 0 Å². The lowest BCUT2D eigenvalue weighted by atomic mass is 9.88. The second kappa shape index (κ2) is 8.38. The van der Waals surface area contributed by atoms with Gasteiger partial charge in [-0.15, -0.1) is 0 Å². The molecule has 1 fully saturated rings. The van der Waals surface area contributed by atoms with Gasteiger partial charge in [-0.05, 0) is 42.5 Å². The normalized spacial score (nSPS) is 18.5. The zero-order valence-electron chi connectivity index (χ0n) is 17.4. The Kier molecular flexibility index (Phi) is 5.28. The maximum Gasteiger partial charge on any atom is 0.251 e. The zero-order chi connectivity index (χ0) is 21.2. The van der Waals surface area contributed by atoms with Crippen LogP contribution in [0, 0.1) is 0 Å². The molecule has 158 valence electrons. The lowest BCUT2D eigenvalue weighted by molar-refractivity contribution is -0.129. The van der Waals surface area contributed by atoms with Gasteiger partial charge in [-0.1, -0.05) is 48.9 Å². The van der Waals surface area contributed by atoms with Gasteiger partial charge in [0.25, 0.3) is 5.91 Å². The lowest BCUT2D eigenvalue weighted by Gasteiger charge is -2.30. The van der Waals surface area contributed by atoms with Crippen molar-refractivity contribution in [2.75, 3.05) is 0 Å². The minimum absolute atomic E-state index is 0.0182. The Hall–Kier alpha value is -3.41. The van der Waals surface area contributed by atoms with Gasteiger partial charge in [-0.25, -0.2) is 4.98 Å². The van der Waals surface area contributed by atoms with E-state index < -0.39 is 0 Å². The van der Waals surface area contributed by atoms with Gasteiger partial charge in [-0.2, -0.15) is 0 Å². The highest BCUT2D eigenvalue weighted by Gasteiger charge is 2.40. The van der Waals surface area contributed by atoms with Crippen LogP contribution in [0.4, 0.5) is 0 Å². The number of imidazole rings is 1. The summed E-state index contributed by atoms with van der Waals surface area (Å²) in [5.74, 6) is 0.595. The average molecular weight is 415 g/mol. The second-order valence-electron chi connectivity index (χ2n) is 8.34. The third-order valence-electron chi connectivity index (χ3n) is 6.28. The van der Waals surface area contributed by atoms with E-state index in [4.69, 9.17) is 0 Å². The number of rotatable bonds is 6. The fraction of sp³-hybridized carbons (Fsp3) is 0.320. The molecule has 3 aromatic rings. The van der Waals surface area contributed by atoms with Crippen LogP contribution in [0.25, 0.3) is 11.0 Å². The van der Waals surface area contributed by atoms with Crippen LogP contribution in [-0.4, -0.2) is 32.7 Å². The van der Waals surface area contributed by atoms with Gasteiger partial charge in [0.05, 0.1) is 30.0 Å². The number of carbonyl (C=O) groups is 2. The molecule has 1 atom stereocenters. The molecule has 5 rings (SSSR count). The van der Waals surface area contributed by atoms with Crippen molar-refractivity contribution in [1.29, 1.82) is 0 Å². The van der Waals surface area contributed by atoms with Crippen LogP contribution < -0.4 is 5.32 Å². The van der Waals surface area contributed by atoms with Crippen LogP contribution in [0.15, 0.2) is 65.7 Å². The number of hydrogen-bond donors (Lipinski definition) is 2. The number of hydrogen-bond acceptors (Lipinski definition) is 3. The molecule has 1 saturated carbocycles. The van der Waals surface area contributed by atoms with Crippen molar-refractivity contribution < 1.29 is 9.59 Å². The molecule has 0 bridgehead atoms. The van der Waals surface area contributed by atoms with Crippen LogP contribution in [-0.2, 0) is 22.7 Å². The Bertz CT molecular complexity index is 1120. The van der Waals surface area contributed by atoms with Gasteiger partial charge in [-0.3, -0.25) is 9.59 Å². The van der Waals surface area contributed by atoms with Crippen molar-refractivity contribution in [1.82, 2.24) is 20.2 Å². The highest BCUT2D eigenvalue weighted by Crippen LogP contribution is 2.38. The van der Waals surface area contributed by atoms with Crippen LogP contribution in [0.2, 0.25) is 0 Å². The maximum absolute atomic E-state index is 13.3. The van der Waals surface area contributed by atoms with Crippen molar-refractivity contribution in [3.8, 4) is 0 Å². The zero-order valence-corrected chi connectivity index (χ0v) is 17.4. The minimum Gasteiger partial charge on any atom is -0.349 e. The number of benzene rings is 2. The second-order valence-corrected chi connectivity index (χ2v) is 8.34. The molecule has 2 N–H and O–H groups in total. The predicted molar refractivity (Wildman–Crippen MR) is 119 cm³/mol. The van der Waals surface area contributed by atoms with Crippen LogP contribution in [0.5, 0.6) is 0 Å². The van der Waals surface area contributed by atoms with E-state index in [9.17, 15) is 9.59 Å². The first kappa shape index (κ1) is 19.5. The molecule has 0 spiro atoms. The van der Waals surface area contributed by atoms with Gasteiger partial charge in [0, 0.05) is 12.1 Å². The summed E-state index contributed by atoms with van der Waals surface area (Å²) in [4.78, 5) is 35.7. The molecule has 6 nitrogen and oxygen atoms in total. The minimum atomic E-state index is -0.137. The Morgan fingerprint density at radius 2 is 1.90 bits per heavy atom. The number of nitrogens with one attached hydrogen (secondary N) is 2.